The third kappa shape index (κ3) is 2.19. The molecule has 1 aliphatic carbocycles. The van der Waals surface area contributed by atoms with Crippen molar-refractivity contribution in [1.29, 1.82) is 0 Å². The Hall–Kier alpha value is -2.70. The molecule has 24 heavy (non-hydrogen) atoms. The molecule has 2 fully saturated rings. The number of piperidine rings is 1. The quantitative estimate of drug-likeness (QED) is 0.851. The van der Waals surface area contributed by atoms with Gasteiger partial charge in [-0.15, -0.1) is 0 Å². The van der Waals surface area contributed by atoms with Crippen LogP contribution >= 0.6 is 0 Å². The first-order valence-corrected chi connectivity index (χ1v) is 7.93. The molecule has 1 saturated carbocycles. The molecule has 1 amide bonds. The van der Waals surface area contributed by atoms with Crippen molar-refractivity contribution < 1.29 is 19.5 Å². The smallest absolute Gasteiger partial charge is 0.326 e. The van der Waals surface area contributed by atoms with Gasteiger partial charge in [-0.3, -0.25) is 14.6 Å². The predicted octanol–water partition coefficient (Wildman–Crippen LogP) is 1.17. The highest BCUT2D eigenvalue weighted by atomic mass is 16.4. The molecular formula is C17H17N3O4. The molecule has 4 rings (SSSR count). The molecule has 3 atom stereocenters. The molecule has 0 aromatic carbocycles. The van der Waals surface area contributed by atoms with Gasteiger partial charge in [-0.1, -0.05) is 0 Å². The summed E-state index contributed by atoms with van der Waals surface area (Å²) in [6.45, 7) is 2.01. The largest absolute Gasteiger partial charge is 0.480 e. The summed E-state index contributed by atoms with van der Waals surface area (Å²) >= 11 is 0. The Morgan fingerprint density at radius 1 is 1.38 bits per heavy atom. The number of rotatable bonds is 4. The standard InChI is InChI=1S/C17H17N3O4/c1-9(21)13-7-19(14-2-3-18-5-12(13)14)8-15(22)20-6-10-4-11(10)16(20)17(23)24/h2-3,5,7,10-11,16H,4,6,8H2,1H3,(H,23,24)/t10-,11-,16+/m1/s1. The Bertz CT molecular complexity index is 872. The zero-order valence-corrected chi connectivity index (χ0v) is 13.2. The summed E-state index contributed by atoms with van der Waals surface area (Å²) < 4.78 is 1.71. The van der Waals surface area contributed by atoms with E-state index in [1.54, 1.807) is 29.2 Å². The van der Waals surface area contributed by atoms with Gasteiger partial charge in [0.25, 0.3) is 0 Å². The van der Waals surface area contributed by atoms with Crippen molar-refractivity contribution in [2.24, 2.45) is 11.8 Å². The number of hydrogen-bond donors (Lipinski definition) is 1. The Kier molecular flexibility index (Phi) is 3.19. The normalized spacial score (nSPS) is 24.9. The molecule has 1 aliphatic heterocycles. The number of hydrogen-bond acceptors (Lipinski definition) is 4. The monoisotopic (exact) mass is 327 g/mol. The van der Waals surface area contributed by atoms with Crippen LogP contribution in [0.5, 0.6) is 0 Å². The minimum Gasteiger partial charge on any atom is -0.480 e. The van der Waals surface area contributed by atoms with Gasteiger partial charge in [-0.2, -0.15) is 0 Å². The number of amides is 1. The van der Waals surface area contributed by atoms with E-state index in [1.165, 1.54) is 11.8 Å². The molecule has 7 nitrogen and oxygen atoms in total. The summed E-state index contributed by atoms with van der Waals surface area (Å²) in [5.41, 5.74) is 1.27. The number of carbonyl (C=O) groups excluding carboxylic acids is 2. The number of likely N-dealkylation sites (tertiary alicyclic amines) is 1. The number of pyridine rings is 1. The Morgan fingerprint density at radius 2 is 2.17 bits per heavy atom. The summed E-state index contributed by atoms with van der Waals surface area (Å²) in [7, 11) is 0. The molecule has 3 heterocycles. The number of aromatic nitrogens is 2. The second-order valence-corrected chi connectivity index (χ2v) is 6.61. The van der Waals surface area contributed by atoms with E-state index >= 15 is 0 Å². The predicted molar refractivity (Wildman–Crippen MR) is 84.5 cm³/mol. The van der Waals surface area contributed by atoms with E-state index in [0.717, 1.165) is 11.9 Å². The van der Waals surface area contributed by atoms with Gasteiger partial charge in [0.15, 0.2) is 5.78 Å². The Morgan fingerprint density at radius 3 is 2.88 bits per heavy atom. The second kappa shape index (κ2) is 5.15. The summed E-state index contributed by atoms with van der Waals surface area (Å²) in [6, 6.07) is 1.05. The molecule has 2 aromatic heterocycles. The number of aliphatic carboxylic acids is 1. The van der Waals surface area contributed by atoms with Gasteiger partial charge in [0.05, 0.1) is 5.52 Å². The number of nitrogens with zero attached hydrogens (tertiary/aromatic N) is 3. The Balaban J connectivity index is 1.64. The molecule has 124 valence electrons. The average molecular weight is 327 g/mol. The van der Waals surface area contributed by atoms with Crippen LogP contribution in [0.25, 0.3) is 10.9 Å². The zero-order valence-electron chi connectivity index (χ0n) is 13.2. The van der Waals surface area contributed by atoms with Crippen molar-refractivity contribution >= 4 is 28.6 Å². The number of carbonyl (C=O) groups is 3. The topological polar surface area (TPSA) is 92.5 Å². The highest BCUT2D eigenvalue weighted by Crippen LogP contribution is 2.49. The average Bonchev–Trinajstić information content (AvgIpc) is 3.04. The van der Waals surface area contributed by atoms with Crippen LogP contribution in [0.3, 0.4) is 0 Å². The van der Waals surface area contributed by atoms with Crippen LogP contribution in [0.1, 0.15) is 23.7 Å². The lowest BCUT2D eigenvalue weighted by molar-refractivity contribution is -0.149. The number of ketones is 1. The van der Waals surface area contributed by atoms with E-state index in [-0.39, 0.29) is 24.2 Å². The van der Waals surface area contributed by atoms with Gasteiger partial charge < -0.3 is 14.6 Å². The zero-order chi connectivity index (χ0) is 17.0. The van der Waals surface area contributed by atoms with E-state index in [0.29, 0.717) is 23.4 Å². The summed E-state index contributed by atoms with van der Waals surface area (Å²) in [4.78, 5) is 41.4. The van der Waals surface area contributed by atoms with Crippen LogP contribution < -0.4 is 0 Å². The third-order valence-corrected chi connectivity index (χ3v) is 5.09. The van der Waals surface area contributed by atoms with Gasteiger partial charge in [0, 0.05) is 36.1 Å². The molecule has 0 bridgehead atoms. The molecule has 7 heteroatoms. The van der Waals surface area contributed by atoms with Gasteiger partial charge in [0.1, 0.15) is 12.6 Å². The van der Waals surface area contributed by atoms with Gasteiger partial charge >= 0.3 is 5.97 Å². The SMILES string of the molecule is CC(=O)c1cn(CC(=O)N2C[C@H]3C[C@H]3[C@H]2C(=O)O)c2ccncc12. The molecule has 2 aromatic rings. The van der Waals surface area contributed by atoms with E-state index in [2.05, 4.69) is 4.98 Å². The summed E-state index contributed by atoms with van der Waals surface area (Å²) in [6.07, 6.45) is 5.77. The van der Waals surface area contributed by atoms with Crippen molar-refractivity contribution in [3.8, 4) is 0 Å². The first-order valence-electron chi connectivity index (χ1n) is 7.93. The molecule has 0 spiro atoms. The Labute approximate surface area is 137 Å². The highest BCUT2D eigenvalue weighted by molar-refractivity contribution is 6.07. The van der Waals surface area contributed by atoms with Crippen LogP contribution in [0.15, 0.2) is 24.7 Å². The van der Waals surface area contributed by atoms with Gasteiger partial charge in [-0.25, -0.2) is 4.79 Å². The fourth-order valence-electron chi connectivity index (χ4n) is 3.83. The van der Waals surface area contributed by atoms with Crippen LogP contribution in [0.4, 0.5) is 0 Å². The molecule has 0 radical (unpaired) electrons. The van der Waals surface area contributed by atoms with E-state index in [4.69, 9.17) is 0 Å². The number of fused-ring (bicyclic) bond motifs is 2. The molecule has 0 unspecified atom stereocenters. The van der Waals surface area contributed by atoms with E-state index < -0.39 is 12.0 Å². The maximum Gasteiger partial charge on any atom is 0.326 e. The minimum absolute atomic E-state index is 0.0248. The van der Waals surface area contributed by atoms with Crippen molar-refractivity contribution in [2.75, 3.05) is 6.54 Å². The third-order valence-electron chi connectivity index (χ3n) is 5.09. The maximum absolute atomic E-state index is 12.7. The van der Waals surface area contributed by atoms with Crippen molar-refractivity contribution in [3.63, 3.8) is 0 Å². The lowest BCUT2D eigenvalue weighted by atomic mass is 10.2. The van der Waals surface area contributed by atoms with Crippen LogP contribution in [-0.2, 0) is 16.1 Å². The van der Waals surface area contributed by atoms with Crippen LogP contribution in [0, 0.1) is 11.8 Å². The summed E-state index contributed by atoms with van der Waals surface area (Å²) in [5.74, 6) is -0.818. The fourth-order valence-corrected chi connectivity index (χ4v) is 3.83. The van der Waals surface area contributed by atoms with Crippen LogP contribution in [-0.4, -0.2) is 49.8 Å². The van der Waals surface area contributed by atoms with E-state index in [1.807, 2.05) is 0 Å². The second-order valence-electron chi connectivity index (χ2n) is 6.61. The number of carboxylic acids is 1. The first-order chi connectivity index (χ1) is 11.5. The number of carboxylic acid groups (broad SMARTS) is 1. The van der Waals surface area contributed by atoms with Gasteiger partial charge in [0.2, 0.25) is 5.91 Å². The lowest BCUT2D eigenvalue weighted by Gasteiger charge is -2.24. The van der Waals surface area contributed by atoms with Gasteiger partial charge in [-0.05, 0) is 31.2 Å². The van der Waals surface area contributed by atoms with Crippen molar-refractivity contribution in [1.82, 2.24) is 14.5 Å². The number of Topliss-reactive ketones (excluding diaryl/α,β-unsaturated/α-hetero) is 1. The molecule has 2 aliphatic rings. The molecule has 1 N–H and O–H groups in total. The lowest BCUT2D eigenvalue weighted by Crippen LogP contribution is -2.44. The van der Waals surface area contributed by atoms with Crippen molar-refractivity contribution in [2.45, 2.75) is 25.9 Å². The summed E-state index contributed by atoms with van der Waals surface area (Å²) in [5, 5.41) is 10.1. The first kappa shape index (κ1) is 14.9. The fraction of sp³-hybridized carbons (Fsp3) is 0.412. The maximum atomic E-state index is 12.7. The molecule has 1 saturated heterocycles. The van der Waals surface area contributed by atoms with E-state index in [9.17, 15) is 19.5 Å². The highest BCUT2D eigenvalue weighted by Gasteiger charge is 2.56. The van der Waals surface area contributed by atoms with Crippen molar-refractivity contribution in [3.05, 3.63) is 30.2 Å². The molecular weight excluding hydrogens is 310 g/mol. The van der Waals surface area contributed by atoms with Crippen LogP contribution in [0.2, 0.25) is 0 Å². The minimum atomic E-state index is -0.931.